The molecule has 0 aliphatic rings. The van der Waals surface area contributed by atoms with E-state index < -0.39 is 0 Å². The summed E-state index contributed by atoms with van der Waals surface area (Å²) in [5.41, 5.74) is 3.80. The number of amides is 1. The van der Waals surface area contributed by atoms with Crippen LogP contribution in [0.3, 0.4) is 0 Å². The highest BCUT2D eigenvalue weighted by Crippen LogP contribution is 2.15. The first-order valence-electron chi connectivity index (χ1n) is 7.55. The van der Waals surface area contributed by atoms with E-state index in [1.165, 1.54) is 0 Å². The first-order valence-corrected chi connectivity index (χ1v) is 8.34. The zero-order valence-corrected chi connectivity index (χ0v) is 14.8. The Labute approximate surface area is 148 Å². The molecule has 1 aromatic carbocycles. The van der Waals surface area contributed by atoms with Gasteiger partial charge >= 0.3 is 0 Å². The first-order chi connectivity index (χ1) is 11.6. The Balaban J connectivity index is 1.54. The van der Waals surface area contributed by atoms with Gasteiger partial charge in [-0.05, 0) is 29.3 Å². The van der Waals surface area contributed by atoms with Gasteiger partial charge in [-0.1, -0.05) is 34.1 Å². The Morgan fingerprint density at radius 3 is 2.50 bits per heavy atom. The van der Waals surface area contributed by atoms with E-state index in [1.54, 1.807) is 17.1 Å². The highest BCUT2D eigenvalue weighted by molar-refractivity contribution is 9.10. The zero-order chi connectivity index (χ0) is 16.9. The average Bonchev–Trinajstić information content (AvgIpc) is 3.02. The van der Waals surface area contributed by atoms with Gasteiger partial charge in [0.05, 0.1) is 18.3 Å². The molecule has 0 atom stereocenters. The highest BCUT2D eigenvalue weighted by atomic mass is 79.9. The topological polar surface area (TPSA) is 59.8 Å². The van der Waals surface area contributed by atoms with Crippen molar-refractivity contribution in [1.29, 1.82) is 0 Å². The quantitative estimate of drug-likeness (QED) is 0.734. The molecule has 1 N–H and O–H groups in total. The van der Waals surface area contributed by atoms with Crippen molar-refractivity contribution in [2.75, 3.05) is 0 Å². The number of nitrogens with zero attached hydrogens (tertiary/aromatic N) is 3. The molecule has 3 rings (SSSR count). The number of hydrogen-bond acceptors (Lipinski definition) is 3. The Kier molecular flexibility index (Phi) is 5.05. The number of aromatic nitrogens is 3. The van der Waals surface area contributed by atoms with Crippen molar-refractivity contribution in [2.24, 2.45) is 7.05 Å². The number of pyridine rings is 1. The van der Waals surface area contributed by atoms with Crippen molar-refractivity contribution in [3.63, 3.8) is 0 Å². The number of aryl methyl sites for hydroxylation is 1. The molecule has 0 aliphatic heterocycles. The lowest BCUT2D eigenvalue weighted by atomic mass is 10.1. The lowest BCUT2D eigenvalue weighted by molar-refractivity contribution is -0.120. The summed E-state index contributed by atoms with van der Waals surface area (Å²) in [6.07, 6.45) is 5.85. The third kappa shape index (κ3) is 4.29. The standard InChI is InChI=1S/C18H17BrN4O/c1-23-12-15(11-22-23)17-7-4-14(9-20-17)10-21-18(24)8-13-2-5-16(19)6-3-13/h2-7,9,11-12H,8,10H2,1H3,(H,21,24). The van der Waals surface area contributed by atoms with Gasteiger partial charge < -0.3 is 5.32 Å². The van der Waals surface area contributed by atoms with Crippen molar-refractivity contribution < 1.29 is 4.79 Å². The monoisotopic (exact) mass is 384 g/mol. The molecule has 6 heteroatoms. The van der Waals surface area contributed by atoms with Crippen LogP contribution in [0.25, 0.3) is 11.3 Å². The van der Waals surface area contributed by atoms with Crippen molar-refractivity contribution in [2.45, 2.75) is 13.0 Å². The lowest BCUT2D eigenvalue weighted by Crippen LogP contribution is -2.24. The van der Waals surface area contributed by atoms with E-state index in [-0.39, 0.29) is 5.91 Å². The summed E-state index contributed by atoms with van der Waals surface area (Å²) >= 11 is 3.38. The minimum absolute atomic E-state index is 0.00587. The minimum Gasteiger partial charge on any atom is -0.352 e. The second-order valence-corrected chi connectivity index (χ2v) is 6.45. The molecule has 0 aliphatic carbocycles. The summed E-state index contributed by atoms with van der Waals surface area (Å²) < 4.78 is 2.75. The third-order valence-corrected chi connectivity index (χ3v) is 4.12. The molecule has 0 saturated carbocycles. The number of nitrogens with one attached hydrogen (secondary N) is 1. The Morgan fingerprint density at radius 2 is 1.88 bits per heavy atom. The third-order valence-electron chi connectivity index (χ3n) is 3.59. The van der Waals surface area contributed by atoms with Crippen LogP contribution in [-0.4, -0.2) is 20.7 Å². The van der Waals surface area contributed by atoms with Crippen LogP contribution in [0.4, 0.5) is 0 Å². The van der Waals surface area contributed by atoms with E-state index in [9.17, 15) is 4.79 Å². The van der Waals surface area contributed by atoms with E-state index >= 15 is 0 Å². The van der Waals surface area contributed by atoms with Gasteiger partial charge in [0.2, 0.25) is 5.91 Å². The van der Waals surface area contributed by atoms with Gasteiger partial charge in [0.15, 0.2) is 0 Å². The molecule has 0 fully saturated rings. The number of rotatable bonds is 5. The SMILES string of the molecule is Cn1cc(-c2ccc(CNC(=O)Cc3ccc(Br)cc3)cn2)cn1. The molecule has 2 aromatic heterocycles. The lowest BCUT2D eigenvalue weighted by Gasteiger charge is -2.06. The average molecular weight is 385 g/mol. The first kappa shape index (κ1) is 16.4. The van der Waals surface area contributed by atoms with E-state index in [0.717, 1.165) is 26.9 Å². The van der Waals surface area contributed by atoms with Crippen LogP contribution >= 0.6 is 15.9 Å². The molecule has 2 heterocycles. The maximum Gasteiger partial charge on any atom is 0.224 e. The second-order valence-electron chi connectivity index (χ2n) is 5.53. The molecular formula is C18H17BrN4O. The van der Waals surface area contributed by atoms with Crippen LogP contribution < -0.4 is 5.32 Å². The summed E-state index contributed by atoms with van der Waals surface area (Å²) in [6, 6.07) is 11.7. The number of carbonyl (C=O) groups is 1. The Morgan fingerprint density at radius 1 is 1.12 bits per heavy atom. The van der Waals surface area contributed by atoms with Gasteiger partial charge in [-0.2, -0.15) is 5.10 Å². The zero-order valence-electron chi connectivity index (χ0n) is 13.2. The van der Waals surface area contributed by atoms with Gasteiger partial charge in [-0.25, -0.2) is 0 Å². The molecule has 122 valence electrons. The van der Waals surface area contributed by atoms with Gasteiger partial charge in [0, 0.05) is 36.0 Å². The molecule has 1 amide bonds. The summed E-state index contributed by atoms with van der Waals surface area (Å²) in [4.78, 5) is 16.4. The summed E-state index contributed by atoms with van der Waals surface area (Å²) in [6.45, 7) is 0.468. The molecule has 0 spiro atoms. The van der Waals surface area contributed by atoms with Crippen molar-refractivity contribution in [3.05, 3.63) is 70.6 Å². The number of halogens is 1. The van der Waals surface area contributed by atoms with Crippen LogP contribution in [0.15, 0.2) is 59.5 Å². The van der Waals surface area contributed by atoms with Crippen molar-refractivity contribution in [3.8, 4) is 11.3 Å². The normalized spacial score (nSPS) is 10.6. The number of hydrogen-bond donors (Lipinski definition) is 1. The fourth-order valence-electron chi connectivity index (χ4n) is 2.30. The minimum atomic E-state index is -0.00587. The predicted molar refractivity (Wildman–Crippen MR) is 96.1 cm³/mol. The van der Waals surface area contributed by atoms with Gasteiger partial charge in [-0.3, -0.25) is 14.5 Å². The molecule has 3 aromatic rings. The summed E-state index contributed by atoms with van der Waals surface area (Å²) in [7, 11) is 1.87. The molecule has 24 heavy (non-hydrogen) atoms. The summed E-state index contributed by atoms with van der Waals surface area (Å²) in [5.74, 6) is -0.00587. The van der Waals surface area contributed by atoms with E-state index in [1.807, 2.05) is 49.6 Å². The molecular weight excluding hydrogens is 368 g/mol. The van der Waals surface area contributed by atoms with Crippen molar-refractivity contribution in [1.82, 2.24) is 20.1 Å². The van der Waals surface area contributed by atoms with Crippen molar-refractivity contribution >= 4 is 21.8 Å². The largest absolute Gasteiger partial charge is 0.352 e. The maximum atomic E-state index is 12.0. The molecule has 0 bridgehead atoms. The predicted octanol–water partition coefficient (Wildman–Crippen LogP) is 3.10. The number of benzene rings is 1. The smallest absolute Gasteiger partial charge is 0.224 e. The van der Waals surface area contributed by atoms with Crippen LogP contribution in [0.1, 0.15) is 11.1 Å². The van der Waals surface area contributed by atoms with Crippen LogP contribution in [0.2, 0.25) is 0 Å². The van der Waals surface area contributed by atoms with Gasteiger partial charge in [0.1, 0.15) is 0 Å². The van der Waals surface area contributed by atoms with E-state index in [0.29, 0.717) is 13.0 Å². The van der Waals surface area contributed by atoms with Gasteiger partial charge in [-0.15, -0.1) is 0 Å². The highest BCUT2D eigenvalue weighted by Gasteiger charge is 2.05. The van der Waals surface area contributed by atoms with Crippen LogP contribution in [-0.2, 0) is 24.8 Å². The van der Waals surface area contributed by atoms with E-state index in [4.69, 9.17) is 0 Å². The van der Waals surface area contributed by atoms with E-state index in [2.05, 4.69) is 31.3 Å². The van der Waals surface area contributed by atoms with Crippen LogP contribution in [0.5, 0.6) is 0 Å². The second kappa shape index (κ2) is 7.40. The molecule has 0 radical (unpaired) electrons. The molecule has 0 saturated heterocycles. The molecule has 5 nitrogen and oxygen atoms in total. The maximum absolute atomic E-state index is 12.0. The van der Waals surface area contributed by atoms with Crippen LogP contribution in [0, 0.1) is 0 Å². The molecule has 0 unspecified atom stereocenters. The van der Waals surface area contributed by atoms with Gasteiger partial charge in [0.25, 0.3) is 0 Å². The fourth-order valence-corrected chi connectivity index (χ4v) is 2.57. The Bertz CT molecular complexity index is 825. The summed E-state index contributed by atoms with van der Waals surface area (Å²) in [5, 5.41) is 7.06. The fraction of sp³-hybridized carbons (Fsp3) is 0.167. The Hall–Kier alpha value is -2.47. The number of carbonyl (C=O) groups excluding carboxylic acids is 1.